The van der Waals surface area contributed by atoms with Crippen molar-refractivity contribution in [3.8, 4) is 0 Å². The van der Waals surface area contributed by atoms with Gasteiger partial charge in [-0.05, 0) is 43.4 Å². The Morgan fingerprint density at radius 3 is 2.04 bits per heavy atom. The van der Waals surface area contributed by atoms with Crippen LogP contribution in [0.4, 0.5) is 4.39 Å². The summed E-state index contributed by atoms with van der Waals surface area (Å²) in [5.41, 5.74) is 1.60. The Morgan fingerprint density at radius 2 is 1.44 bits per heavy atom. The summed E-state index contributed by atoms with van der Waals surface area (Å²) >= 11 is 0. The number of ether oxygens (including phenoxy) is 1. The molecular weight excluding hydrogens is 345 g/mol. The second-order valence-electron chi connectivity index (χ2n) is 7.17. The fourth-order valence-corrected chi connectivity index (χ4v) is 3.99. The minimum absolute atomic E-state index is 0.0293. The van der Waals surface area contributed by atoms with Crippen molar-refractivity contribution < 1.29 is 18.7 Å². The Bertz CT molecular complexity index is 795. The van der Waals surface area contributed by atoms with Gasteiger partial charge in [-0.3, -0.25) is 14.5 Å². The summed E-state index contributed by atoms with van der Waals surface area (Å²) in [6.45, 7) is 0.0341. The van der Waals surface area contributed by atoms with Crippen molar-refractivity contribution in [2.45, 2.75) is 44.0 Å². The molecule has 2 amide bonds. The van der Waals surface area contributed by atoms with Crippen LogP contribution in [-0.2, 0) is 4.74 Å². The van der Waals surface area contributed by atoms with Gasteiger partial charge in [0.2, 0.25) is 0 Å². The Hall–Kier alpha value is -2.53. The van der Waals surface area contributed by atoms with Crippen molar-refractivity contribution in [3.05, 3.63) is 71.3 Å². The van der Waals surface area contributed by atoms with Crippen LogP contribution in [0.25, 0.3) is 0 Å². The number of hydrogen-bond acceptors (Lipinski definition) is 3. The molecule has 1 heterocycles. The zero-order chi connectivity index (χ0) is 18.8. The van der Waals surface area contributed by atoms with E-state index in [0.717, 1.165) is 12.8 Å². The fourth-order valence-electron chi connectivity index (χ4n) is 3.99. The van der Waals surface area contributed by atoms with Crippen molar-refractivity contribution in [1.29, 1.82) is 0 Å². The Kier molecular flexibility index (Phi) is 5.03. The van der Waals surface area contributed by atoms with Gasteiger partial charge in [0.05, 0.1) is 23.8 Å². The number of hydrogen-bond donors (Lipinski definition) is 0. The summed E-state index contributed by atoms with van der Waals surface area (Å²) < 4.78 is 20.0. The van der Waals surface area contributed by atoms with Crippen LogP contribution in [0.5, 0.6) is 0 Å². The fraction of sp³-hybridized carbons (Fsp3) is 0.364. The summed E-state index contributed by atoms with van der Waals surface area (Å²) in [7, 11) is 0. The van der Waals surface area contributed by atoms with Gasteiger partial charge < -0.3 is 4.74 Å². The number of fused-ring (bicyclic) bond motifs is 1. The number of benzene rings is 2. The van der Waals surface area contributed by atoms with E-state index in [4.69, 9.17) is 4.74 Å². The summed E-state index contributed by atoms with van der Waals surface area (Å²) in [5.74, 6) is -0.402. The largest absolute Gasteiger partial charge is 0.375 e. The van der Waals surface area contributed by atoms with Gasteiger partial charge in [0, 0.05) is 6.04 Å². The molecule has 5 heteroatoms. The Labute approximate surface area is 157 Å². The highest BCUT2D eigenvalue weighted by atomic mass is 19.1. The van der Waals surface area contributed by atoms with Gasteiger partial charge in [-0.1, -0.05) is 42.5 Å². The first-order valence-electron chi connectivity index (χ1n) is 9.42. The van der Waals surface area contributed by atoms with Crippen molar-refractivity contribution in [1.82, 2.24) is 4.90 Å². The highest BCUT2D eigenvalue weighted by Gasteiger charge is 2.41. The second kappa shape index (κ2) is 7.61. The molecule has 140 valence electrons. The van der Waals surface area contributed by atoms with Gasteiger partial charge in [-0.25, -0.2) is 4.39 Å². The Balaban J connectivity index is 1.31. The third kappa shape index (κ3) is 3.52. The van der Waals surface area contributed by atoms with Crippen LogP contribution >= 0.6 is 0 Å². The van der Waals surface area contributed by atoms with E-state index in [1.807, 2.05) is 18.2 Å². The number of nitrogens with zero attached hydrogens (tertiary/aromatic N) is 1. The van der Waals surface area contributed by atoms with Crippen LogP contribution in [0.1, 0.15) is 58.1 Å². The molecule has 1 aliphatic heterocycles. The average molecular weight is 367 g/mol. The van der Waals surface area contributed by atoms with E-state index in [2.05, 4.69) is 0 Å². The molecule has 27 heavy (non-hydrogen) atoms. The molecule has 1 saturated carbocycles. The van der Waals surface area contributed by atoms with Crippen LogP contribution in [0.3, 0.4) is 0 Å². The quantitative estimate of drug-likeness (QED) is 0.740. The maximum absolute atomic E-state index is 14.2. The molecule has 1 fully saturated rings. The molecule has 1 atom stereocenters. The van der Waals surface area contributed by atoms with E-state index in [-0.39, 0.29) is 30.6 Å². The molecule has 2 aliphatic rings. The zero-order valence-corrected chi connectivity index (χ0v) is 15.0. The van der Waals surface area contributed by atoms with Gasteiger partial charge in [-0.2, -0.15) is 0 Å². The molecule has 4 rings (SSSR count). The molecule has 1 aliphatic carbocycles. The zero-order valence-electron chi connectivity index (χ0n) is 15.0. The van der Waals surface area contributed by atoms with Crippen LogP contribution in [0, 0.1) is 0 Å². The number of amides is 2. The number of alkyl halides is 1. The van der Waals surface area contributed by atoms with Gasteiger partial charge in [0.25, 0.3) is 11.8 Å². The average Bonchev–Trinajstić information content (AvgIpc) is 2.98. The lowest BCUT2D eigenvalue weighted by Crippen LogP contribution is -2.43. The molecule has 0 N–H and O–H groups in total. The maximum atomic E-state index is 14.2. The summed E-state index contributed by atoms with van der Waals surface area (Å²) in [6, 6.07) is 15.9. The number of rotatable bonds is 5. The van der Waals surface area contributed by atoms with Gasteiger partial charge >= 0.3 is 0 Å². The van der Waals surface area contributed by atoms with Crippen LogP contribution in [0.2, 0.25) is 0 Å². The molecule has 2 aromatic carbocycles. The summed E-state index contributed by atoms with van der Waals surface area (Å²) in [6.07, 6.45) is 1.66. The minimum atomic E-state index is -1.14. The van der Waals surface area contributed by atoms with Crippen LogP contribution in [-0.4, -0.2) is 35.5 Å². The first-order valence-corrected chi connectivity index (χ1v) is 9.42. The number of halogens is 1. The number of imide groups is 1. The van der Waals surface area contributed by atoms with Crippen molar-refractivity contribution in [3.63, 3.8) is 0 Å². The van der Waals surface area contributed by atoms with Gasteiger partial charge in [-0.15, -0.1) is 0 Å². The smallest absolute Gasteiger partial charge is 0.261 e. The third-order valence-electron chi connectivity index (χ3n) is 5.47. The SMILES string of the molecule is O=C1c2ccccc2C(=O)N1C1CCC(OCC(F)c2ccccc2)CC1. The topological polar surface area (TPSA) is 46.6 Å². The molecule has 0 aromatic heterocycles. The van der Waals surface area contributed by atoms with Crippen molar-refractivity contribution in [2.24, 2.45) is 0 Å². The number of carbonyl (C=O) groups excluding carboxylic acids is 2. The predicted molar refractivity (Wildman–Crippen MR) is 99.2 cm³/mol. The lowest BCUT2D eigenvalue weighted by atomic mass is 9.91. The standard InChI is InChI=1S/C22H22FNO3/c23-20(15-6-2-1-3-7-15)14-27-17-12-10-16(11-13-17)24-21(25)18-8-4-5-9-19(18)22(24)26/h1-9,16-17,20H,10-14H2. The molecule has 2 aromatic rings. The molecule has 0 radical (unpaired) electrons. The molecular formula is C22H22FNO3. The van der Waals surface area contributed by atoms with E-state index >= 15 is 0 Å². The van der Waals surface area contributed by atoms with Crippen LogP contribution in [0.15, 0.2) is 54.6 Å². The summed E-state index contributed by atoms with van der Waals surface area (Å²) in [4.78, 5) is 26.6. The van der Waals surface area contributed by atoms with Gasteiger partial charge in [0.1, 0.15) is 6.17 Å². The monoisotopic (exact) mass is 367 g/mol. The van der Waals surface area contributed by atoms with E-state index in [1.54, 1.807) is 36.4 Å². The van der Waals surface area contributed by atoms with E-state index in [9.17, 15) is 14.0 Å². The predicted octanol–water partition coefficient (Wildman–Crippen LogP) is 4.32. The van der Waals surface area contributed by atoms with E-state index < -0.39 is 6.17 Å². The second-order valence-corrected chi connectivity index (χ2v) is 7.17. The molecule has 0 spiro atoms. The lowest BCUT2D eigenvalue weighted by Gasteiger charge is -2.33. The first kappa shape index (κ1) is 17.9. The number of carbonyl (C=O) groups is 2. The lowest BCUT2D eigenvalue weighted by molar-refractivity contribution is -0.0126. The van der Waals surface area contributed by atoms with Gasteiger partial charge in [0.15, 0.2) is 0 Å². The maximum Gasteiger partial charge on any atom is 0.261 e. The highest BCUT2D eigenvalue weighted by molar-refractivity contribution is 6.21. The van der Waals surface area contributed by atoms with Crippen molar-refractivity contribution in [2.75, 3.05) is 6.61 Å². The van der Waals surface area contributed by atoms with E-state index in [1.165, 1.54) is 4.90 Å². The highest BCUT2D eigenvalue weighted by Crippen LogP contribution is 2.32. The van der Waals surface area contributed by atoms with Crippen LogP contribution < -0.4 is 0 Å². The molecule has 0 saturated heterocycles. The Morgan fingerprint density at radius 1 is 0.889 bits per heavy atom. The minimum Gasteiger partial charge on any atom is -0.375 e. The third-order valence-corrected chi connectivity index (χ3v) is 5.47. The molecule has 0 bridgehead atoms. The normalized spacial score (nSPS) is 23.4. The molecule has 4 nitrogen and oxygen atoms in total. The van der Waals surface area contributed by atoms with Crippen molar-refractivity contribution >= 4 is 11.8 Å². The summed E-state index contributed by atoms with van der Waals surface area (Å²) in [5, 5.41) is 0. The van der Waals surface area contributed by atoms with E-state index in [0.29, 0.717) is 29.5 Å². The molecule has 1 unspecified atom stereocenters. The first-order chi connectivity index (χ1) is 13.1.